The number of aromatic hydroxyl groups is 1. The number of ketones is 1. The third-order valence-corrected chi connectivity index (χ3v) is 4.01. The van der Waals surface area contributed by atoms with Crippen molar-refractivity contribution in [2.75, 3.05) is 12.4 Å². The average Bonchev–Trinajstić information content (AvgIpc) is 2.67. The summed E-state index contributed by atoms with van der Waals surface area (Å²) >= 11 is 0. The monoisotopic (exact) mass is 385 g/mol. The molecule has 2 aromatic carbocycles. The van der Waals surface area contributed by atoms with Gasteiger partial charge in [0.1, 0.15) is 17.1 Å². The molecule has 0 saturated carbocycles. The molecule has 0 unspecified atom stereocenters. The van der Waals surface area contributed by atoms with Gasteiger partial charge in [-0.25, -0.2) is 4.79 Å². The number of carbonyl (C=O) groups is 3. The molecule has 0 heterocycles. The van der Waals surface area contributed by atoms with Crippen LogP contribution in [-0.4, -0.2) is 36.0 Å². The van der Waals surface area contributed by atoms with Crippen molar-refractivity contribution in [1.82, 2.24) is 0 Å². The number of anilines is 1. The predicted octanol–water partition coefficient (Wildman–Crippen LogP) is 3.57. The van der Waals surface area contributed by atoms with Crippen LogP contribution in [-0.2, 0) is 9.53 Å². The van der Waals surface area contributed by atoms with Crippen LogP contribution in [0.1, 0.15) is 47.4 Å². The van der Waals surface area contributed by atoms with E-state index in [4.69, 9.17) is 9.47 Å². The van der Waals surface area contributed by atoms with Gasteiger partial charge in [-0.1, -0.05) is 6.92 Å². The van der Waals surface area contributed by atoms with Crippen molar-refractivity contribution in [3.05, 3.63) is 53.6 Å². The van der Waals surface area contributed by atoms with E-state index in [2.05, 4.69) is 5.32 Å². The number of rotatable bonds is 8. The van der Waals surface area contributed by atoms with Gasteiger partial charge in [0.25, 0.3) is 0 Å². The highest BCUT2D eigenvalue weighted by atomic mass is 16.5. The average molecular weight is 385 g/mol. The van der Waals surface area contributed by atoms with Crippen LogP contribution in [0, 0.1) is 0 Å². The fourth-order valence-electron chi connectivity index (χ4n) is 2.49. The van der Waals surface area contributed by atoms with Crippen LogP contribution in [0.2, 0.25) is 0 Å². The summed E-state index contributed by atoms with van der Waals surface area (Å²) in [6.07, 6.45) is 0.121. The Hall–Kier alpha value is -3.35. The van der Waals surface area contributed by atoms with E-state index in [1.54, 1.807) is 24.3 Å². The highest BCUT2D eigenvalue weighted by Gasteiger charge is 2.22. The van der Waals surface area contributed by atoms with Crippen molar-refractivity contribution < 1.29 is 29.0 Å². The van der Waals surface area contributed by atoms with Crippen LogP contribution in [0.15, 0.2) is 42.5 Å². The van der Waals surface area contributed by atoms with Gasteiger partial charge in [-0.15, -0.1) is 0 Å². The van der Waals surface area contributed by atoms with Crippen molar-refractivity contribution in [3.8, 4) is 11.5 Å². The van der Waals surface area contributed by atoms with E-state index in [0.717, 1.165) is 6.42 Å². The van der Waals surface area contributed by atoms with E-state index in [-0.39, 0.29) is 17.2 Å². The molecular formula is C21H23NO6. The molecule has 0 aliphatic rings. The van der Waals surface area contributed by atoms with Crippen LogP contribution in [0.4, 0.5) is 5.69 Å². The van der Waals surface area contributed by atoms with Gasteiger partial charge in [0.05, 0.1) is 7.11 Å². The van der Waals surface area contributed by atoms with Gasteiger partial charge in [0.15, 0.2) is 6.10 Å². The lowest BCUT2D eigenvalue weighted by Crippen LogP contribution is -2.24. The number of carbonyl (C=O) groups excluding carboxylic acids is 3. The maximum absolute atomic E-state index is 12.5. The Balaban J connectivity index is 2.02. The second-order valence-corrected chi connectivity index (χ2v) is 6.17. The van der Waals surface area contributed by atoms with E-state index >= 15 is 0 Å². The van der Waals surface area contributed by atoms with Gasteiger partial charge in [-0.05, 0) is 49.7 Å². The van der Waals surface area contributed by atoms with Crippen LogP contribution in [0.25, 0.3) is 0 Å². The van der Waals surface area contributed by atoms with E-state index in [9.17, 15) is 19.5 Å². The van der Waals surface area contributed by atoms with Gasteiger partial charge >= 0.3 is 5.97 Å². The molecule has 0 bridgehead atoms. The first-order chi connectivity index (χ1) is 13.3. The smallest absolute Gasteiger partial charge is 0.342 e. The Bertz CT molecular complexity index is 860. The molecular weight excluding hydrogens is 362 g/mol. The highest BCUT2D eigenvalue weighted by Crippen LogP contribution is 2.24. The number of methoxy groups -OCH3 is 1. The van der Waals surface area contributed by atoms with Gasteiger partial charge in [0.2, 0.25) is 11.7 Å². The van der Waals surface area contributed by atoms with Crippen molar-refractivity contribution in [2.45, 2.75) is 32.8 Å². The molecule has 0 aromatic heterocycles. The summed E-state index contributed by atoms with van der Waals surface area (Å²) in [5.74, 6) is -1.21. The zero-order valence-corrected chi connectivity index (χ0v) is 16.0. The molecule has 2 aromatic rings. The molecule has 7 nitrogen and oxygen atoms in total. The molecule has 7 heteroatoms. The first-order valence-electron chi connectivity index (χ1n) is 8.87. The van der Waals surface area contributed by atoms with Crippen molar-refractivity contribution in [1.29, 1.82) is 0 Å². The third kappa shape index (κ3) is 5.33. The lowest BCUT2D eigenvalue weighted by atomic mass is 10.1. The number of Topliss-reactive ketones (excluding diaryl/α,β-unsaturated/α-hetero) is 1. The number of esters is 1. The second kappa shape index (κ2) is 9.55. The molecule has 2 rings (SSSR count). The minimum Gasteiger partial charge on any atom is -0.507 e. The maximum Gasteiger partial charge on any atom is 0.342 e. The summed E-state index contributed by atoms with van der Waals surface area (Å²) in [6, 6.07) is 10.5. The summed E-state index contributed by atoms with van der Waals surface area (Å²) in [7, 11) is 1.44. The molecule has 28 heavy (non-hydrogen) atoms. The number of amides is 1. The van der Waals surface area contributed by atoms with Gasteiger partial charge in [0, 0.05) is 23.7 Å². The lowest BCUT2D eigenvalue weighted by Gasteiger charge is -2.14. The first-order valence-corrected chi connectivity index (χ1v) is 8.87. The summed E-state index contributed by atoms with van der Waals surface area (Å²) in [5.41, 5.74) is 0.866. The molecule has 1 atom stereocenters. The summed E-state index contributed by atoms with van der Waals surface area (Å²) in [5, 5.41) is 12.6. The molecule has 0 aliphatic heterocycles. The standard InChI is InChI=1S/C21H23NO6/c1-4-5-19(24)22-15-8-6-14(7-9-15)20(25)13(2)28-21(26)17-11-10-16(27-3)12-18(17)23/h6-13,23H,4-5H2,1-3H3,(H,22,24)/t13-/m1/s1. The Kier molecular flexibility index (Phi) is 7.14. The SMILES string of the molecule is CCCC(=O)Nc1ccc(C(=O)[C@@H](C)OC(=O)c2ccc(OC)cc2O)cc1. The van der Waals surface area contributed by atoms with Crippen LogP contribution in [0.3, 0.4) is 0 Å². The zero-order valence-electron chi connectivity index (χ0n) is 16.0. The zero-order chi connectivity index (χ0) is 20.7. The number of nitrogens with one attached hydrogen (secondary N) is 1. The number of hydrogen-bond donors (Lipinski definition) is 2. The van der Waals surface area contributed by atoms with Crippen LogP contribution >= 0.6 is 0 Å². The highest BCUT2D eigenvalue weighted by molar-refractivity contribution is 6.02. The molecule has 0 spiro atoms. The Morgan fingerprint density at radius 2 is 1.79 bits per heavy atom. The number of ether oxygens (including phenoxy) is 2. The summed E-state index contributed by atoms with van der Waals surface area (Å²) in [6.45, 7) is 3.37. The second-order valence-electron chi connectivity index (χ2n) is 6.17. The number of benzene rings is 2. The Morgan fingerprint density at radius 1 is 1.11 bits per heavy atom. The molecule has 0 saturated heterocycles. The number of phenols is 1. The Morgan fingerprint density at radius 3 is 2.36 bits per heavy atom. The summed E-state index contributed by atoms with van der Waals surface area (Å²) < 4.78 is 10.1. The van der Waals surface area contributed by atoms with Gasteiger partial charge in [-0.2, -0.15) is 0 Å². The number of phenolic OH excluding ortho intramolecular Hbond substituents is 1. The quantitative estimate of drug-likeness (QED) is 0.532. The first kappa shape index (κ1) is 21.0. The van der Waals surface area contributed by atoms with Gasteiger partial charge in [-0.3, -0.25) is 9.59 Å². The lowest BCUT2D eigenvalue weighted by molar-refractivity contribution is -0.116. The molecule has 0 fully saturated rings. The van der Waals surface area contributed by atoms with Gasteiger partial charge < -0.3 is 19.9 Å². The van der Waals surface area contributed by atoms with Crippen LogP contribution in [0.5, 0.6) is 11.5 Å². The van der Waals surface area contributed by atoms with E-state index in [0.29, 0.717) is 23.4 Å². The van der Waals surface area contributed by atoms with Crippen molar-refractivity contribution in [2.24, 2.45) is 0 Å². The minimum atomic E-state index is -1.05. The predicted molar refractivity (Wildman–Crippen MR) is 104 cm³/mol. The van der Waals surface area contributed by atoms with E-state index in [1.165, 1.54) is 32.2 Å². The normalized spacial score (nSPS) is 11.4. The number of hydrogen-bond acceptors (Lipinski definition) is 6. The third-order valence-electron chi connectivity index (χ3n) is 4.01. The fraction of sp³-hybridized carbons (Fsp3) is 0.286. The molecule has 1 amide bonds. The molecule has 0 aliphatic carbocycles. The topological polar surface area (TPSA) is 102 Å². The van der Waals surface area contributed by atoms with E-state index < -0.39 is 17.9 Å². The largest absolute Gasteiger partial charge is 0.507 e. The van der Waals surface area contributed by atoms with Crippen LogP contribution < -0.4 is 10.1 Å². The summed E-state index contributed by atoms with van der Waals surface area (Å²) in [4.78, 5) is 36.3. The van der Waals surface area contributed by atoms with Crippen molar-refractivity contribution in [3.63, 3.8) is 0 Å². The molecule has 0 radical (unpaired) electrons. The Labute approximate surface area is 163 Å². The van der Waals surface area contributed by atoms with E-state index in [1.807, 2.05) is 6.92 Å². The fourth-order valence-corrected chi connectivity index (χ4v) is 2.49. The molecule has 2 N–H and O–H groups in total. The maximum atomic E-state index is 12.5. The van der Waals surface area contributed by atoms with Crippen molar-refractivity contribution >= 4 is 23.3 Å². The molecule has 148 valence electrons. The minimum absolute atomic E-state index is 0.0607.